The van der Waals surface area contributed by atoms with Crippen LogP contribution in [0.4, 0.5) is 5.69 Å². The second-order valence-electron chi connectivity index (χ2n) is 5.70. The molecule has 2 N–H and O–H groups in total. The van der Waals surface area contributed by atoms with Crippen LogP contribution >= 0.6 is 12.2 Å². The molecule has 1 atom stereocenters. The van der Waals surface area contributed by atoms with E-state index in [1.165, 1.54) is 32.4 Å². The molecule has 25 heavy (non-hydrogen) atoms. The molecule has 1 aromatic rings. The quantitative estimate of drug-likeness (QED) is 0.616. The first-order chi connectivity index (χ1) is 12.0. The number of anilines is 1. The molecule has 0 radical (unpaired) electrons. The lowest BCUT2D eigenvalue weighted by atomic mass is 10.0. The molecule has 8 heteroatoms. The first-order valence-electron chi connectivity index (χ1n) is 8.01. The lowest BCUT2D eigenvalue weighted by Gasteiger charge is -2.36. The van der Waals surface area contributed by atoms with Gasteiger partial charge in [-0.15, -0.1) is 0 Å². The van der Waals surface area contributed by atoms with E-state index in [4.69, 9.17) is 21.7 Å². The zero-order valence-electron chi connectivity index (χ0n) is 14.3. The zero-order chi connectivity index (χ0) is 18.4. The Kier molecular flexibility index (Phi) is 6.72. The number of rotatable bonds is 4. The predicted octanol–water partition coefficient (Wildman–Crippen LogP) is 1.80. The van der Waals surface area contributed by atoms with Gasteiger partial charge in [-0.25, -0.2) is 9.59 Å². The predicted molar refractivity (Wildman–Crippen MR) is 96.8 cm³/mol. The Morgan fingerprint density at radius 1 is 1.28 bits per heavy atom. The number of carbonyl (C=O) groups is 2. The SMILES string of the molecule is COC(=O)c1ccc(C(=O)OC)c(NC(=S)N2CCCCC2CO)c1. The van der Waals surface area contributed by atoms with E-state index in [0.717, 1.165) is 25.8 Å². The van der Waals surface area contributed by atoms with Crippen LogP contribution in [0.2, 0.25) is 0 Å². The van der Waals surface area contributed by atoms with Crippen LogP contribution in [0.15, 0.2) is 18.2 Å². The van der Waals surface area contributed by atoms with Gasteiger partial charge in [-0.3, -0.25) is 0 Å². The summed E-state index contributed by atoms with van der Waals surface area (Å²) in [5, 5.41) is 13.0. The Bertz CT molecular complexity index is 664. The van der Waals surface area contributed by atoms with Gasteiger partial charge in [-0.2, -0.15) is 0 Å². The fourth-order valence-electron chi connectivity index (χ4n) is 2.83. The highest BCUT2D eigenvalue weighted by Gasteiger charge is 2.25. The summed E-state index contributed by atoms with van der Waals surface area (Å²) in [6, 6.07) is 4.42. The molecule has 2 rings (SSSR count). The number of aliphatic hydroxyl groups excluding tert-OH is 1. The standard InChI is InChI=1S/C17H22N2O5S/c1-23-15(21)11-6-7-13(16(22)24-2)14(9-11)18-17(25)19-8-4-3-5-12(19)10-20/h6-7,9,12,20H,3-5,8,10H2,1-2H3,(H,18,25). The van der Waals surface area contributed by atoms with Crippen LogP contribution in [0.3, 0.4) is 0 Å². The number of benzene rings is 1. The number of hydrogen-bond donors (Lipinski definition) is 2. The monoisotopic (exact) mass is 366 g/mol. The van der Waals surface area contributed by atoms with Crippen LogP contribution < -0.4 is 5.32 Å². The van der Waals surface area contributed by atoms with Crippen molar-refractivity contribution < 1.29 is 24.2 Å². The topological polar surface area (TPSA) is 88.1 Å². The fourth-order valence-corrected chi connectivity index (χ4v) is 3.18. The van der Waals surface area contributed by atoms with Gasteiger partial charge in [0.15, 0.2) is 5.11 Å². The van der Waals surface area contributed by atoms with Crippen molar-refractivity contribution in [1.29, 1.82) is 0 Å². The van der Waals surface area contributed by atoms with Gasteiger partial charge in [0.1, 0.15) is 0 Å². The second kappa shape index (κ2) is 8.77. The van der Waals surface area contributed by atoms with Crippen molar-refractivity contribution in [2.45, 2.75) is 25.3 Å². The Morgan fingerprint density at radius 2 is 2.00 bits per heavy atom. The highest BCUT2D eigenvalue weighted by atomic mass is 32.1. The number of likely N-dealkylation sites (tertiary alicyclic amines) is 1. The van der Waals surface area contributed by atoms with Crippen LogP contribution in [0.25, 0.3) is 0 Å². The molecule has 1 fully saturated rings. The maximum Gasteiger partial charge on any atom is 0.339 e. The van der Waals surface area contributed by atoms with Crippen molar-refractivity contribution in [1.82, 2.24) is 4.90 Å². The van der Waals surface area contributed by atoms with Gasteiger partial charge in [0.2, 0.25) is 0 Å². The van der Waals surface area contributed by atoms with Gasteiger partial charge in [-0.1, -0.05) is 0 Å². The molecule has 0 amide bonds. The number of nitrogens with zero attached hydrogens (tertiary/aromatic N) is 1. The van der Waals surface area contributed by atoms with Crippen LogP contribution in [0.1, 0.15) is 40.0 Å². The molecular formula is C17H22N2O5S. The first-order valence-corrected chi connectivity index (χ1v) is 8.41. The summed E-state index contributed by atoms with van der Waals surface area (Å²) >= 11 is 5.45. The summed E-state index contributed by atoms with van der Waals surface area (Å²) < 4.78 is 9.50. The van der Waals surface area contributed by atoms with E-state index >= 15 is 0 Å². The molecular weight excluding hydrogens is 344 g/mol. The van der Waals surface area contributed by atoms with Crippen molar-refractivity contribution >= 4 is 35.0 Å². The molecule has 1 aromatic carbocycles. The molecule has 1 saturated heterocycles. The number of aliphatic hydroxyl groups is 1. The molecule has 0 spiro atoms. The number of hydrogen-bond acceptors (Lipinski definition) is 6. The highest BCUT2D eigenvalue weighted by Crippen LogP contribution is 2.23. The van der Waals surface area contributed by atoms with Gasteiger partial charge in [0.05, 0.1) is 43.7 Å². The number of nitrogens with one attached hydrogen (secondary N) is 1. The van der Waals surface area contributed by atoms with Crippen LogP contribution in [-0.2, 0) is 9.47 Å². The molecule has 136 valence electrons. The minimum atomic E-state index is -0.543. The summed E-state index contributed by atoms with van der Waals surface area (Å²) in [4.78, 5) is 25.7. The third-order valence-corrected chi connectivity index (χ3v) is 4.52. The van der Waals surface area contributed by atoms with Gasteiger partial charge < -0.3 is 24.8 Å². The normalized spacial score (nSPS) is 16.9. The Morgan fingerprint density at radius 3 is 2.64 bits per heavy atom. The van der Waals surface area contributed by atoms with Crippen LogP contribution in [0.5, 0.6) is 0 Å². The van der Waals surface area contributed by atoms with E-state index in [1.54, 1.807) is 0 Å². The maximum atomic E-state index is 12.0. The highest BCUT2D eigenvalue weighted by molar-refractivity contribution is 7.80. The lowest BCUT2D eigenvalue weighted by Crippen LogP contribution is -2.47. The Hall–Kier alpha value is -2.19. The number of methoxy groups -OCH3 is 2. The van der Waals surface area contributed by atoms with Gasteiger partial charge >= 0.3 is 11.9 Å². The van der Waals surface area contributed by atoms with E-state index in [1.807, 2.05) is 4.90 Å². The van der Waals surface area contributed by atoms with E-state index < -0.39 is 11.9 Å². The molecule has 7 nitrogen and oxygen atoms in total. The molecule has 0 saturated carbocycles. The van der Waals surface area contributed by atoms with Crippen molar-refractivity contribution in [3.63, 3.8) is 0 Å². The summed E-state index contributed by atoms with van der Waals surface area (Å²) in [5.41, 5.74) is 0.912. The van der Waals surface area contributed by atoms with E-state index in [9.17, 15) is 14.7 Å². The lowest BCUT2D eigenvalue weighted by molar-refractivity contribution is 0.0587. The van der Waals surface area contributed by atoms with E-state index in [-0.39, 0.29) is 23.8 Å². The first kappa shape index (κ1) is 19.1. The molecule has 1 unspecified atom stereocenters. The Labute approximate surface area is 151 Å². The molecule has 0 bridgehead atoms. The number of carbonyl (C=O) groups excluding carboxylic acids is 2. The van der Waals surface area contributed by atoms with E-state index in [0.29, 0.717) is 10.8 Å². The average Bonchev–Trinajstić information content (AvgIpc) is 2.66. The summed E-state index contributed by atoms with van der Waals surface area (Å²) in [6.07, 6.45) is 2.87. The molecule has 0 aliphatic carbocycles. The molecule has 1 aliphatic heterocycles. The minimum absolute atomic E-state index is 0.00782. The third-order valence-electron chi connectivity index (χ3n) is 4.19. The molecule has 1 heterocycles. The van der Waals surface area contributed by atoms with E-state index in [2.05, 4.69) is 5.32 Å². The van der Waals surface area contributed by atoms with Gasteiger partial charge in [-0.05, 0) is 49.7 Å². The summed E-state index contributed by atoms with van der Waals surface area (Å²) in [6.45, 7) is 0.731. The summed E-state index contributed by atoms with van der Waals surface area (Å²) in [7, 11) is 2.57. The van der Waals surface area contributed by atoms with Crippen LogP contribution in [-0.4, -0.2) is 60.5 Å². The minimum Gasteiger partial charge on any atom is -0.465 e. The van der Waals surface area contributed by atoms with Crippen molar-refractivity contribution in [2.24, 2.45) is 0 Å². The largest absolute Gasteiger partial charge is 0.465 e. The number of ether oxygens (including phenoxy) is 2. The van der Waals surface area contributed by atoms with Gasteiger partial charge in [0.25, 0.3) is 0 Å². The zero-order valence-corrected chi connectivity index (χ0v) is 15.1. The number of piperidine rings is 1. The third kappa shape index (κ3) is 4.46. The second-order valence-corrected chi connectivity index (χ2v) is 6.09. The summed E-state index contributed by atoms with van der Waals surface area (Å²) in [5.74, 6) is -1.06. The smallest absolute Gasteiger partial charge is 0.339 e. The van der Waals surface area contributed by atoms with Crippen LogP contribution in [0, 0.1) is 0 Å². The van der Waals surface area contributed by atoms with Gasteiger partial charge in [0, 0.05) is 6.54 Å². The van der Waals surface area contributed by atoms with Crippen molar-refractivity contribution in [3.05, 3.63) is 29.3 Å². The average molecular weight is 366 g/mol. The number of esters is 2. The number of thiocarbonyl (C=S) groups is 1. The Balaban J connectivity index is 2.30. The molecule has 0 aromatic heterocycles. The molecule has 1 aliphatic rings. The van der Waals surface area contributed by atoms with Crippen molar-refractivity contribution in [3.8, 4) is 0 Å². The van der Waals surface area contributed by atoms with Crippen molar-refractivity contribution in [2.75, 3.05) is 32.7 Å². The fraction of sp³-hybridized carbons (Fsp3) is 0.471. The maximum absolute atomic E-state index is 12.0.